The number of nitriles is 1. The Bertz CT molecular complexity index is 635. The van der Waals surface area contributed by atoms with Crippen molar-refractivity contribution in [3.63, 3.8) is 0 Å². The molecule has 20 heavy (non-hydrogen) atoms. The van der Waals surface area contributed by atoms with Gasteiger partial charge in [-0.25, -0.2) is 0 Å². The molecule has 2 rings (SSSR count). The highest BCUT2D eigenvalue weighted by atomic mass is 79.9. The first-order chi connectivity index (χ1) is 9.70. The van der Waals surface area contributed by atoms with E-state index >= 15 is 0 Å². The van der Waals surface area contributed by atoms with Crippen LogP contribution < -0.4 is 10.1 Å². The summed E-state index contributed by atoms with van der Waals surface area (Å²) in [6, 6.07) is 15.8. The van der Waals surface area contributed by atoms with Gasteiger partial charge >= 0.3 is 0 Å². The molecule has 4 heteroatoms. The lowest BCUT2D eigenvalue weighted by Crippen LogP contribution is -2.04. The van der Waals surface area contributed by atoms with Crippen molar-refractivity contribution < 1.29 is 4.74 Å². The third-order valence-electron chi connectivity index (χ3n) is 2.93. The average molecular weight is 331 g/mol. The van der Waals surface area contributed by atoms with Gasteiger partial charge in [0.1, 0.15) is 11.8 Å². The molecule has 0 fully saturated rings. The Morgan fingerprint density at radius 1 is 1.25 bits per heavy atom. The van der Waals surface area contributed by atoms with Gasteiger partial charge in [0.05, 0.1) is 0 Å². The lowest BCUT2D eigenvalue weighted by molar-refractivity contribution is 0.364. The van der Waals surface area contributed by atoms with Crippen LogP contribution in [0.25, 0.3) is 0 Å². The first kappa shape index (κ1) is 14.4. The second-order valence-electron chi connectivity index (χ2n) is 4.37. The number of hydrogen-bond donors (Lipinski definition) is 1. The quantitative estimate of drug-likeness (QED) is 0.890. The van der Waals surface area contributed by atoms with Gasteiger partial charge in [0, 0.05) is 22.3 Å². The lowest BCUT2D eigenvalue weighted by Gasteiger charge is -2.13. The van der Waals surface area contributed by atoms with E-state index in [4.69, 9.17) is 10.00 Å². The predicted molar refractivity (Wildman–Crippen MR) is 83.8 cm³/mol. The van der Waals surface area contributed by atoms with E-state index in [2.05, 4.69) is 34.2 Å². The van der Waals surface area contributed by atoms with E-state index in [0.717, 1.165) is 21.5 Å². The van der Waals surface area contributed by atoms with Crippen LogP contribution in [-0.2, 0) is 6.54 Å². The molecule has 0 spiro atoms. The highest BCUT2D eigenvalue weighted by molar-refractivity contribution is 9.10. The molecule has 102 valence electrons. The molecule has 0 bridgehead atoms. The summed E-state index contributed by atoms with van der Waals surface area (Å²) in [6.45, 7) is 2.78. The minimum Gasteiger partial charge on any atom is -0.478 e. The van der Waals surface area contributed by atoms with Crippen LogP contribution in [-0.4, -0.2) is 6.61 Å². The fourth-order valence-corrected chi connectivity index (χ4v) is 2.24. The zero-order chi connectivity index (χ0) is 14.4. The second kappa shape index (κ2) is 6.97. The van der Waals surface area contributed by atoms with E-state index < -0.39 is 0 Å². The van der Waals surface area contributed by atoms with Gasteiger partial charge in [-0.05, 0) is 30.7 Å². The molecule has 0 aliphatic carbocycles. The molecule has 0 aromatic heterocycles. The first-order valence-corrected chi connectivity index (χ1v) is 7.07. The zero-order valence-electron chi connectivity index (χ0n) is 11.2. The summed E-state index contributed by atoms with van der Waals surface area (Å²) in [6.07, 6.45) is 0. The molecule has 0 aliphatic heterocycles. The van der Waals surface area contributed by atoms with Crippen LogP contribution in [0.3, 0.4) is 0 Å². The normalized spacial score (nSPS) is 9.85. The van der Waals surface area contributed by atoms with Gasteiger partial charge in [0.2, 0.25) is 0 Å². The van der Waals surface area contributed by atoms with Gasteiger partial charge < -0.3 is 10.1 Å². The van der Waals surface area contributed by atoms with E-state index in [0.29, 0.717) is 6.54 Å². The first-order valence-electron chi connectivity index (χ1n) is 6.28. The standard InChI is InChI=1S/C16H15BrN2O/c1-12-6-7-14(17)10-15(12)19-11-13-4-2-3-5-16(13)20-9-8-18/h2-7,10,19H,9,11H2,1H3. The molecule has 1 N–H and O–H groups in total. The third-order valence-corrected chi connectivity index (χ3v) is 3.43. The average Bonchev–Trinajstić information content (AvgIpc) is 2.47. The molecular weight excluding hydrogens is 316 g/mol. The molecule has 2 aromatic rings. The minimum atomic E-state index is 0.0624. The van der Waals surface area contributed by atoms with Crippen LogP contribution in [0, 0.1) is 18.3 Å². The van der Waals surface area contributed by atoms with Crippen molar-refractivity contribution in [2.24, 2.45) is 0 Å². The van der Waals surface area contributed by atoms with E-state index in [1.807, 2.05) is 42.5 Å². The Hall–Kier alpha value is -1.99. The van der Waals surface area contributed by atoms with Crippen molar-refractivity contribution in [3.05, 3.63) is 58.1 Å². The van der Waals surface area contributed by atoms with Crippen molar-refractivity contribution in [1.29, 1.82) is 5.26 Å². The van der Waals surface area contributed by atoms with E-state index in [9.17, 15) is 0 Å². The molecule has 0 unspecified atom stereocenters. The molecule has 0 radical (unpaired) electrons. The molecule has 0 amide bonds. The maximum absolute atomic E-state index is 8.60. The summed E-state index contributed by atoms with van der Waals surface area (Å²) < 4.78 is 6.46. The van der Waals surface area contributed by atoms with Crippen molar-refractivity contribution in [1.82, 2.24) is 0 Å². The van der Waals surface area contributed by atoms with Crippen molar-refractivity contribution in [2.45, 2.75) is 13.5 Å². The number of ether oxygens (including phenoxy) is 1. The van der Waals surface area contributed by atoms with Gasteiger partial charge in [0.15, 0.2) is 6.61 Å². The van der Waals surface area contributed by atoms with Gasteiger partial charge in [-0.15, -0.1) is 0 Å². The number of anilines is 1. The monoisotopic (exact) mass is 330 g/mol. The molecule has 0 atom stereocenters. The van der Waals surface area contributed by atoms with E-state index in [-0.39, 0.29) is 6.61 Å². The molecule has 0 heterocycles. The van der Waals surface area contributed by atoms with Gasteiger partial charge in [-0.2, -0.15) is 5.26 Å². The van der Waals surface area contributed by atoms with Gasteiger partial charge in [0.25, 0.3) is 0 Å². The Labute approximate surface area is 127 Å². The second-order valence-corrected chi connectivity index (χ2v) is 5.28. The summed E-state index contributed by atoms with van der Waals surface area (Å²) in [5.41, 5.74) is 3.29. The van der Waals surface area contributed by atoms with Crippen LogP contribution in [0.2, 0.25) is 0 Å². The third kappa shape index (κ3) is 3.75. The number of nitrogens with one attached hydrogen (secondary N) is 1. The Kier molecular flexibility index (Phi) is 5.03. The smallest absolute Gasteiger partial charge is 0.174 e. The summed E-state index contributed by atoms with van der Waals surface area (Å²) in [4.78, 5) is 0. The number of benzene rings is 2. The fraction of sp³-hybridized carbons (Fsp3) is 0.188. The molecule has 0 aliphatic rings. The van der Waals surface area contributed by atoms with Gasteiger partial charge in [-0.1, -0.05) is 40.2 Å². The highest BCUT2D eigenvalue weighted by Gasteiger charge is 2.04. The summed E-state index contributed by atoms with van der Waals surface area (Å²) in [5.74, 6) is 0.745. The van der Waals surface area contributed by atoms with E-state index in [1.54, 1.807) is 0 Å². The number of para-hydroxylation sites is 1. The largest absolute Gasteiger partial charge is 0.478 e. The van der Waals surface area contributed by atoms with Crippen molar-refractivity contribution >= 4 is 21.6 Å². The zero-order valence-corrected chi connectivity index (χ0v) is 12.8. The summed E-state index contributed by atoms with van der Waals surface area (Å²) >= 11 is 3.47. The lowest BCUT2D eigenvalue weighted by atomic mass is 10.1. The number of nitrogens with zero attached hydrogens (tertiary/aromatic N) is 1. The molecule has 2 aromatic carbocycles. The Morgan fingerprint density at radius 2 is 2.05 bits per heavy atom. The molecule has 0 saturated carbocycles. The molecular formula is C16H15BrN2O. The highest BCUT2D eigenvalue weighted by Crippen LogP contribution is 2.23. The van der Waals surface area contributed by atoms with Crippen LogP contribution in [0.15, 0.2) is 46.9 Å². The fourth-order valence-electron chi connectivity index (χ4n) is 1.88. The van der Waals surface area contributed by atoms with Crippen LogP contribution in [0.4, 0.5) is 5.69 Å². The van der Waals surface area contributed by atoms with Crippen LogP contribution in [0.1, 0.15) is 11.1 Å². The number of hydrogen-bond acceptors (Lipinski definition) is 3. The SMILES string of the molecule is Cc1ccc(Br)cc1NCc1ccccc1OCC#N. The molecule has 0 saturated heterocycles. The number of halogens is 1. The minimum absolute atomic E-state index is 0.0624. The number of rotatable bonds is 5. The summed E-state index contributed by atoms with van der Waals surface area (Å²) in [5, 5.41) is 12.0. The maximum Gasteiger partial charge on any atom is 0.174 e. The maximum atomic E-state index is 8.60. The van der Waals surface area contributed by atoms with Crippen LogP contribution >= 0.6 is 15.9 Å². The van der Waals surface area contributed by atoms with E-state index in [1.165, 1.54) is 5.56 Å². The van der Waals surface area contributed by atoms with Crippen molar-refractivity contribution in [2.75, 3.05) is 11.9 Å². The Balaban J connectivity index is 2.11. The van der Waals surface area contributed by atoms with Crippen LogP contribution in [0.5, 0.6) is 5.75 Å². The number of aryl methyl sites for hydroxylation is 1. The summed E-state index contributed by atoms with van der Waals surface area (Å²) in [7, 11) is 0. The van der Waals surface area contributed by atoms with Gasteiger partial charge in [-0.3, -0.25) is 0 Å². The molecule has 3 nitrogen and oxygen atoms in total. The predicted octanol–water partition coefficient (Wildman–Crippen LogP) is 4.27. The van der Waals surface area contributed by atoms with Crippen molar-refractivity contribution in [3.8, 4) is 11.8 Å². The topological polar surface area (TPSA) is 45.0 Å². The Morgan fingerprint density at radius 3 is 2.85 bits per heavy atom.